The maximum Gasteiger partial charge on any atom is 0.257 e. The predicted octanol–water partition coefficient (Wildman–Crippen LogP) is 4.09. The van der Waals surface area contributed by atoms with Crippen molar-refractivity contribution in [2.75, 3.05) is 29.5 Å². The SMILES string of the molecule is Cl.Cl.Nc1ccccc1C(=O)Nc1ccc(NCC2CCCO2)c(F)c1. The summed E-state index contributed by atoms with van der Waals surface area (Å²) in [5, 5.41) is 5.70. The molecule has 1 amide bonds. The van der Waals surface area contributed by atoms with Gasteiger partial charge in [-0.3, -0.25) is 4.79 Å². The molecule has 0 aliphatic carbocycles. The highest BCUT2D eigenvalue weighted by molar-refractivity contribution is 6.07. The number of para-hydroxylation sites is 1. The van der Waals surface area contributed by atoms with Crippen LogP contribution in [0.2, 0.25) is 0 Å². The molecule has 2 aromatic rings. The Morgan fingerprint density at radius 1 is 1.23 bits per heavy atom. The zero-order chi connectivity index (χ0) is 16.9. The third-order valence-electron chi connectivity index (χ3n) is 3.98. The first-order valence-corrected chi connectivity index (χ1v) is 7.94. The number of hydrogen-bond acceptors (Lipinski definition) is 4. The topological polar surface area (TPSA) is 76.4 Å². The molecule has 1 aliphatic heterocycles. The summed E-state index contributed by atoms with van der Waals surface area (Å²) in [6.07, 6.45) is 2.16. The number of benzene rings is 2. The fourth-order valence-electron chi connectivity index (χ4n) is 2.67. The molecule has 0 saturated carbocycles. The van der Waals surface area contributed by atoms with Crippen molar-refractivity contribution in [1.29, 1.82) is 0 Å². The number of ether oxygens (including phenoxy) is 1. The molecule has 26 heavy (non-hydrogen) atoms. The minimum absolute atomic E-state index is 0. The van der Waals surface area contributed by atoms with Gasteiger partial charge in [0.2, 0.25) is 0 Å². The molecule has 1 saturated heterocycles. The molecule has 1 unspecified atom stereocenters. The van der Waals surface area contributed by atoms with Gasteiger partial charge >= 0.3 is 0 Å². The van der Waals surface area contributed by atoms with Gasteiger partial charge in [0.1, 0.15) is 5.82 Å². The van der Waals surface area contributed by atoms with E-state index in [9.17, 15) is 9.18 Å². The summed E-state index contributed by atoms with van der Waals surface area (Å²) >= 11 is 0. The van der Waals surface area contributed by atoms with Gasteiger partial charge in [0.05, 0.1) is 17.4 Å². The van der Waals surface area contributed by atoms with Crippen LogP contribution in [0.15, 0.2) is 42.5 Å². The number of nitrogens with two attached hydrogens (primary N) is 1. The van der Waals surface area contributed by atoms with Crippen molar-refractivity contribution in [1.82, 2.24) is 0 Å². The zero-order valence-corrected chi connectivity index (χ0v) is 15.7. The van der Waals surface area contributed by atoms with E-state index < -0.39 is 5.82 Å². The second-order valence-electron chi connectivity index (χ2n) is 5.75. The van der Waals surface area contributed by atoms with Gasteiger partial charge < -0.3 is 21.1 Å². The highest BCUT2D eigenvalue weighted by atomic mass is 35.5. The standard InChI is InChI=1S/C18H20FN3O2.2ClH/c19-15-10-12(22-18(23)14-5-1-2-6-16(14)20)7-8-17(15)21-11-13-4-3-9-24-13;;/h1-2,5-8,10,13,21H,3-4,9,11,20H2,(H,22,23);2*1H. The normalized spacial score (nSPS) is 15.5. The first-order chi connectivity index (χ1) is 11.6. The lowest BCUT2D eigenvalue weighted by molar-refractivity contribution is 0.102. The van der Waals surface area contributed by atoms with E-state index in [-0.39, 0.29) is 36.8 Å². The molecule has 8 heteroatoms. The maximum atomic E-state index is 14.2. The Morgan fingerprint density at radius 2 is 2.00 bits per heavy atom. The fraction of sp³-hybridized carbons (Fsp3) is 0.278. The van der Waals surface area contributed by atoms with E-state index in [2.05, 4.69) is 10.6 Å². The average Bonchev–Trinajstić information content (AvgIpc) is 3.08. The highest BCUT2D eigenvalue weighted by Crippen LogP contribution is 2.21. The van der Waals surface area contributed by atoms with Crippen molar-refractivity contribution in [3.63, 3.8) is 0 Å². The minimum Gasteiger partial charge on any atom is -0.398 e. The van der Waals surface area contributed by atoms with Crippen molar-refractivity contribution in [3.05, 3.63) is 53.8 Å². The van der Waals surface area contributed by atoms with Crippen LogP contribution < -0.4 is 16.4 Å². The van der Waals surface area contributed by atoms with E-state index >= 15 is 0 Å². The number of hydrogen-bond donors (Lipinski definition) is 3. The summed E-state index contributed by atoms with van der Waals surface area (Å²) < 4.78 is 19.7. The van der Waals surface area contributed by atoms with E-state index in [1.54, 1.807) is 36.4 Å². The first-order valence-electron chi connectivity index (χ1n) is 7.94. The van der Waals surface area contributed by atoms with Crippen molar-refractivity contribution in [2.24, 2.45) is 0 Å². The summed E-state index contributed by atoms with van der Waals surface area (Å²) in [7, 11) is 0. The van der Waals surface area contributed by atoms with E-state index in [1.807, 2.05) is 0 Å². The smallest absolute Gasteiger partial charge is 0.257 e. The van der Waals surface area contributed by atoms with Gasteiger partial charge in [-0.15, -0.1) is 24.8 Å². The van der Waals surface area contributed by atoms with Gasteiger partial charge in [0.15, 0.2) is 0 Å². The molecule has 0 bridgehead atoms. The van der Waals surface area contributed by atoms with Gasteiger partial charge in [-0.1, -0.05) is 12.1 Å². The maximum absolute atomic E-state index is 14.2. The zero-order valence-electron chi connectivity index (χ0n) is 14.0. The molecule has 1 heterocycles. The van der Waals surface area contributed by atoms with Crippen LogP contribution in [0.25, 0.3) is 0 Å². The van der Waals surface area contributed by atoms with Crippen LogP contribution in [0.4, 0.5) is 21.5 Å². The molecule has 3 rings (SSSR count). The van der Waals surface area contributed by atoms with Crippen LogP contribution in [0.5, 0.6) is 0 Å². The number of carbonyl (C=O) groups is 1. The third-order valence-corrected chi connectivity index (χ3v) is 3.98. The Hall–Kier alpha value is -2.02. The highest BCUT2D eigenvalue weighted by Gasteiger charge is 2.16. The molecule has 142 valence electrons. The number of carbonyl (C=O) groups excluding carboxylic acids is 1. The van der Waals surface area contributed by atoms with Crippen LogP contribution >= 0.6 is 24.8 Å². The Labute approximate surface area is 164 Å². The summed E-state index contributed by atoms with van der Waals surface area (Å²) in [5.74, 6) is -0.792. The van der Waals surface area contributed by atoms with Crippen molar-refractivity contribution in [3.8, 4) is 0 Å². The molecule has 2 aromatic carbocycles. The number of anilines is 3. The van der Waals surface area contributed by atoms with Gasteiger partial charge in [-0.05, 0) is 43.2 Å². The Kier molecular flexibility index (Phi) is 8.65. The van der Waals surface area contributed by atoms with Crippen molar-refractivity contribution >= 4 is 47.8 Å². The van der Waals surface area contributed by atoms with Crippen molar-refractivity contribution in [2.45, 2.75) is 18.9 Å². The van der Waals surface area contributed by atoms with Crippen molar-refractivity contribution < 1.29 is 13.9 Å². The number of nitrogen functional groups attached to an aromatic ring is 1. The lowest BCUT2D eigenvalue weighted by Gasteiger charge is -2.13. The first kappa shape index (κ1) is 22.0. The molecule has 4 N–H and O–H groups in total. The molecule has 1 atom stereocenters. The van der Waals surface area contributed by atoms with Crippen LogP contribution in [-0.4, -0.2) is 25.2 Å². The lowest BCUT2D eigenvalue weighted by Crippen LogP contribution is -2.19. The summed E-state index contributed by atoms with van der Waals surface area (Å²) in [6, 6.07) is 11.3. The predicted molar refractivity (Wildman–Crippen MR) is 107 cm³/mol. The van der Waals surface area contributed by atoms with Crippen LogP contribution in [-0.2, 0) is 4.74 Å². The van der Waals surface area contributed by atoms with E-state index in [1.165, 1.54) is 6.07 Å². The fourth-order valence-corrected chi connectivity index (χ4v) is 2.67. The largest absolute Gasteiger partial charge is 0.398 e. The molecular formula is C18H22Cl2FN3O2. The molecular weight excluding hydrogens is 380 g/mol. The molecule has 1 aliphatic rings. The third kappa shape index (κ3) is 5.49. The Bertz CT molecular complexity index is 740. The summed E-state index contributed by atoms with van der Waals surface area (Å²) in [4.78, 5) is 12.2. The number of rotatable bonds is 5. The van der Waals surface area contributed by atoms with Gasteiger partial charge in [0, 0.05) is 24.5 Å². The van der Waals surface area contributed by atoms with Gasteiger partial charge in [-0.25, -0.2) is 4.39 Å². The van der Waals surface area contributed by atoms with Crippen LogP contribution in [0, 0.1) is 5.82 Å². The van der Waals surface area contributed by atoms with Gasteiger partial charge in [-0.2, -0.15) is 0 Å². The second-order valence-corrected chi connectivity index (χ2v) is 5.75. The van der Waals surface area contributed by atoms with Gasteiger partial charge in [0.25, 0.3) is 5.91 Å². The molecule has 0 radical (unpaired) electrons. The minimum atomic E-state index is -0.424. The Balaban J connectivity index is 0.00000169. The van der Waals surface area contributed by atoms with E-state index in [0.29, 0.717) is 29.2 Å². The second kappa shape index (κ2) is 10.2. The number of halogens is 3. The summed E-state index contributed by atoms with van der Waals surface area (Å²) in [6.45, 7) is 1.34. The van der Waals surface area contributed by atoms with E-state index in [4.69, 9.17) is 10.5 Å². The molecule has 0 spiro atoms. The molecule has 1 fully saturated rings. The monoisotopic (exact) mass is 401 g/mol. The van der Waals surface area contributed by atoms with Crippen LogP contribution in [0.3, 0.4) is 0 Å². The quantitative estimate of drug-likeness (QED) is 0.659. The summed E-state index contributed by atoms with van der Waals surface area (Å²) in [5.41, 5.74) is 7.28. The Morgan fingerprint density at radius 3 is 2.65 bits per heavy atom. The number of amides is 1. The number of nitrogens with one attached hydrogen (secondary N) is 2. The molecule has 0 aromatic heterocycles. The van der Waals surface area contributed by atoms with E-state index in [0.717, 1.165) is 19.4 Å². The average molecular weight is 402 g/mol. The molecule has 5 nitrogen and oxygen atoms in total. The lowest BCUT2D eigenvalue weighted by atomic mass is 10.1. The van der Waals surface area contributed by atoms with Crippen LogP contribution in [0.1, 0.15) is 23.2 Å².